The number of allylic oxidation sites excluding steroid dienone is 1. The van der Waals surface area contributed by atoms with Crippen LogP contribution in [0.1, 0.15) is 22.3 Å². The molecule has 1 aliphatic carbocycles. The van der Waals surface area contributed by atoms with E-state index in [4.69, 9.17) is 4.74 Å². The standard InChI is InChI=1S/C29H21OPS/c1-30-22-17-15-21(16-18-22)28-19-27(20-9-3-2-4-10-20)29(31(28)32-28)25-13-7-5-11-23(25)24-12-6-8-14-26(24)29/h2-19H,1H3/t28-,31?/m1/s1. The highest BCUT2D eigenvalue weighted by molar-refractivity contribution is 8.72. The summed E-state index contributed by atoms with van der Waals surface area (Å²) < 4.78 is 5.49. The number of benzene rings is 4. The van der Waals surface area contributed by atoms with Crippen molar-refractivity contribution in [3.63, 3.8) is 0 Å². The van der Waals surface area contributed by atoms with Gasteiger partial charge in [-0.3, -0.25) is 0 Å². The third kappa shape index (κ3) is 2.24. The van der Waals surface area contributed by atoms with Gasteiger partial charge in [0.2, 0.25) is 0 Å². The van der Waals surface area contributed by atoms with Gasteiger partial charge in [0.15, 0.2) is 0 Å². The summed E-state index contributed by atoms with van der Waals surface area (Å²) >= 11 is 2.16. The quantitative estimate of drug-likeness (QED) is 0.232. The monoisotopic (exact) mass is 448 g/mol. The Hall–Kier alpha value is -2.80. The predicted molar refractivity (Wildman–Crippen MR) is 136 cm³/mol. The molecule has 1 saturated heterocycles. The van der Waals surface area contributed by atoms with Crippen molar-refractivity contribution in [2.45, 2.75) is 9.64 Å². The van der Waals surface area contributed by atoms with Crippen molar-refractivity contribution in [2.24, 2.45) is 0 Å². The second kappa shape index (κ2) is 6.61. The molecule has 0 bridgehead atoms. The Morgan fingerprint density at radius 2 is 1.28 bits per heavy atom. The number of fused-ring (bicyclic) bond motifs is 7. The van der Waals surface area contributed by atoms with Gasteiger partial charge in [-0.05, 0) is 51.1 Å². The largest absolute Gasteiger partial charge is 0.497 e. The highest BCUT2D eigenvalue weighted by atomic mass is 32.8. The van der Waals surface area contributed by atoms with Gasteiger partial charge in [0.05, 0.1) is 16.8 Å². The molecule has 0 amide bonds. The van der Waals surface area contributed by atoms with Gasteiger partial charge >= 0.3 is 0 Å². The van der Waals surface area contributed by atoms with Crippen LogP contribution in [0.3, 0.4) is 0 Å². The SMILES string of the molecule is COc1ccc([C@]23C=C(c4ccccc4)C4(c5ccccc5-c5ccccc54)P2S3)cc1. The zero-order valence-corrected chi connectivity index (χ0v) is 19.4. The van der Waals surface area contributed by atoms with Gasteiger partial charge < -0.3 is 4.74 Å². The van der Waals surface area contributed by atoms with Crippen LogP contribution in [-0.2, 0) is 9.64 Å². The fourth-order valence-corrected chi connectivity index (χ4v) is 12.5. The van der Waals surface area contributed by atoms with Crippen molar-refractivity contribution in [3.05, 3.63) is 131 Å². The van der Waals surface area contributed by atoms with Crippen molar-refractivity contribution in [1.82, 2.24) is 0 Å². The number of hydrogen-bond acceptors (Lipinski definition) is 2. The highest BCUT2D eigenvalue weighted by Gasteiger charge is 2.73. The summed E-state index contributed by atoms with van der Waals surface area (Å²) in [5.41, 5.74) is 9.93. The normalized spacial score (nSPS) is 23.3. The molecule has 0 saturated carbocycles. The van der Waals surface area contributed by atoms with Crippen molar-refractivity contribution in [1.29, 1.82) is 0 Å². The lowest BCUT2D eigenvalue weighted by molar-refractivity contribution is 0.414. The van der Waals surface area contributed by atoms with E-state index in [1.165, 1.54) is 39.0 Å². The Balaban J connectivity index is 1.52. The molecule has 2 heterocycles. The molecule has 3 heteroatoms. The van der Waals surface area contributed by atoms with Gasteiger partial charge in [0.25, 0.3) is 0 Å². The fraction of sp³-hybridized carbons (Fsp3) is 0.103. The van der Waals surface area contributed by atoms with Crippen molar-refractivity contribution in [2.75, 3.05) is 7.11 Å². The summed E-state index contributed by atoms with van der Waals surface area (Å²) in [4.78, 5) is 0. The summed E-state index contributed by atoms with van der Waals surface area (Å²) in [5.74, 6) is 0.914. The van der Waals surface area contributed by atoms with E-state index < -0.39 is 7.12 Å². The molecule has 7 rings (SSSR count). The molecule has 0 N–H and O–H groups in total. The zero-order valence-electron chi connectivity index (χ0n) is 17.7. The van der Waals surface area contributed by atoms with Crippen LogP contribution in [0.5, 0.6) is 5.75 Å². The Labute approximate surface area is 193 Å². The van der Waals surface area contributed by atoms with Gasteiger partial charge in [-0.25, -0.2) is 0 Å². The second-order valence-electron chi connectivity index (χ2n) is 8.54. The first-order valence-corrected chi connectivity index (χ1v) is 13.7. The molecule has 0 radical (unpaired) electrons. The first-order chi connectivity index (χ1) is 15.8. The van der Waals surface area contributed by atoms with E-state index in [1.54, 1.807) is 7.11 Å². The molecule has 1 nitrogen and oxygen atoms in total. The van der Waals surface area contributed by atoms with Crippen LogP contribution in [0.2, 0.25) is 0 Å². The van der Waals surface area contributed by atoms with Crippen molar-refractivity contribution < 1.29 is 4.74 Å². The molecule has 0 aromatic heterocycles. The van der Waals surface area contributed by atoms with Gasteiger partial charge in [-0.15, -0.1) is 11.4 Å². The Morgan fingerprint density at radius 3 is 1.91 bits per heavy atom. The number of hydrogen-bond donors (Lipinski definition) is 0. The Kier molecular flexibility index (Phi) is 3.87. The molecule has 154 valence electrons. The van der Waals surface area contributed by atoms with Crippen LogP contribution in [-0.4, -0.2) is 7.11 Å². The maximum atomic E-state index is 5.44. The van der Waals surface area contributed by atoms with Gasteiger partial charge in [-0.2, -0.15) is 0 Å². The lowest BCUT2D eigenvalue weighted by atomic mass is 9.83. The van der Waals surface area contributed by atoms with Gasteiger partial charge in [-0.1, -0.05) is 97.1 Å². The summed E-state index contributed by atoms with van der Waals surface area (Å²) in [7, 11) is 1.32. The van der Waals surface area contributed by atoms with E-state index >= 15 is 0 Å². The molecular formula is C29H21OPS. The summed E-state index contributed by atoms with van der Waals surface area (Å²) in [6, 6.07) is 37.9. The molecule has 1 unspecified atom stereocenters. The molecule has 4 aromatic rings. The number of ether oxygens (including phenoxy) is 1. The molecular weight excluding hydrogens is 427 g/mol. The first-order valence-electron chi connectivity index (χ1n) is 10.9. The van der Waals surface area contributed by atoms with E-state index in [1.807, 2.05) is 0 Å². The zero-order chi connectivity index (χ0) is 21.3. The molecule has 1 spiro atoms. The van der Waals surface area contributed by atoms with Crippen LogP contribution in [0.15, 0.2) is 109 Å². The molecule has 2 aliphatic heterocycles. The summed E-state index contributed by atoms with van der Waals surface area (Å²) in [5, 5.41) is -0.0749. The Morgan fingerprint density at radius 1 is 0.688 bits per heavy atom. The minimum Gasteiger partial charge on any atom is -0.497 e. The third-order valence-electron chi connectivity index (χ3n) is 7.05. The lowest BCUT2D eigenvalue weighted by Crippen LogP contribution is -2.20. The smallest absolute Gasteiger partial charge is 0.118 e. The minimum atomic E-state index is -0.411. The van der Waals surface area contributed by atoms with Gasteiger partial charge in [0.1, 0.15) is 5.75 Å². The van der Waals surface area contributed by atoms with Crippen molar-refractivity contribution >= 4 is 24.1 Å². The van der Waals surface area contributed by atoms with E-state index in [0.29, 0.717) is 0 Å². The van der Waals surface area contributed by atoms with E-state index in [-0.39, 0.29) is 9.64 Å². The maximum absolute atomic E-state index is 5.44. The predicted octanol–water partition coefficient (Wildman–Crippen LogP) is 8.01. The summed E-state index contributed by atoms with van der Waals surface area (Å²) in [6.45, 7) is 0. The fourth-order valence-electron chi connectivity index (χ4n) is 5.64. The topological polar surface area (TPSA) is 9.23 Å². The number of rotatable bonds is 3. The average Bonchev–Trinajstić information content (AvgIpc) is 3.44. The van der Waals surface area contributed by atoms with Crippen LogP contribution in [0.4, 0.5) is 0 Å². The van der Waals surface area contributed by atoms with E-state index in [2.05, 4.69) is 121 Å². The molecule has 4 aromatic carbocycles. The van der Waals surface area contributed by atoms with Crippen LogP contribution >= 0.6 is 18.5 Å². The maximum Gasteiger partial charge on any atom is 0.118 e. The first kappa shape index (κ1) is 18.7. The van der Waals surface area contributed by atoms with E-state index in [9.17, 15) is 0 Å². The third-order valence-corrected chi connectivity index (χ3v) is 13.2. The number of methoxy groups -OCH3 is 1. The average molecular weight is 449 g/mol. The molecule has 1 fully saturated rings. The summed E-state index contributed by atoms with van der Waals surface area (Å²) in [6.07, 6.45) is 2.60. The van der Waals surface area contributed by atoms with Crippen LogP contribution < -0.4 is 4.74 Å². The lowest BCUT2D eigenvalue weighted by Gasteiger charge is -2.32. The molecule has 3 aliphatic rings. The highest BCUT2D eigenvalue weighted by Crippen LogP contribution is 3.03. The van der Waals surface area contributed by atoms with Crippen LogP contribution in [0, 0.1) is 0 Å². The molecule has 32 heavy (non-hydrogen) atoms. The Bertz CT molecular complexity index is 1350. The van der Waals surface area contributed by atoms with E-state index in [0.717, 1.165) is 5.75 Å². The minimum absolute atomic E-state index is 0.0529. The molecule has 2 atom stereocenters. The van der Waals surface area contributed by atoms with Crippen molar-refractivity contribution in [3.8, 4) is 16.9 Å². The van der Waals surface area contributed by atoms with Gasteiger partial charge in [0, 0.05) is 7.12 Å². The second-order valence-corrected chi connectivity index (χ2v) is 13.3. The van der Waals surface area contributed by atoms with Crippen LogP contribution in [0.25, 0.3) is 16.7 Å².